The maximum absolute atomic E-state index is 13.5. The van der Waals surface area contributed by atoms with Crippen molar-refractivity contribution in [3.8, 4) is 11.5 Å². The van der Waals surface area contributed by atoms with Crippen LogP contribution >= 0.6 is 30.5 Å². The highest BCUT2D eigenvalue weighted by Crippen LogP contribution is 2.55. The first kappa shape index (κ1) is 22.2. The van der Waals surface area contributed by atoms with Gasteiger partial charge in [0, 0.05) is 16.9 Å². The SMILES string of the molecule is CC(C)(C)C(=O)c1sc(N)nc1-c1ccc(P2(=O)OCC[C@H](c3cccc(Cl)c3)O2)o1. The van der Waals surface area contributed by atoms with Gasteiger partial charge >= 0.3 is 7.60 Å². The number of thiazole rings is 1. The van der Waals surface area contributed by atoms with Crippen molar-refractivity contribution in [2.45, 2.75) is 33.3 Å². The number of nitrogen functional groups attached to an aromatic ring is 1. The number of halogens is 1. The molecule has 1 aliphatic heterocycles. The number of aromatic nitrogens is 1. The number of hydrogen-bond donors (Lipinski definition) is 1. The fourth-order valence-corrected chi connectivity index (χ4v) is 6.03. The Labute approximate surface area is 189 Å². The van der Waals surface area contributed by atoms with Gasteiger partial charge in [0.15, 0.2) is 16.7 Å². The maximum atomic E-state index is 13.5. The van der Waals surface area contributed by atoms with E-state index in [0.29, 0.717) is 22.0 Å². The number of benzene rings is 1. The van der Waals surface area contributed by atoms with Gasteiger partial charge in [0.1, 0.15) is 10.6 Å². The molecule has 1 aromatic carbocycles. The molecule has 3 heterocycles. The Morgan fingerprint density at radius 3 is 2.77 bits per heavy atom. The predicted molar refractivity (Wildman–Crippen MR) is 121 cm³/mol. The molecule has 4 rings (SSSR count). The minimum absolute atomic E-state index is 0.0509. The van der Waals surface area contributed by atoms with Crippen LogP contribution in [0.3, 0.4) is 0 Å². The molecule has 1 aliphatic rings. The molecular formula is C21H22ClN2O5PS. The molecule has 0 amide bonds. The first-order valence-corrected chi connectivity index (χ1v) is 12.4. The summed E-state index contributed by atoms with van der Waals surface area (Å²) >= 11 is 7.18. The summed E-state index contributed by atoms with van der Waals surface area (Å²) < 4.78 is 30.7. The second kappa shape index (κ2) is 8.19. The summed E-state index contributed by atoms with van der Waals surface area (Å²) in [6, 6.07) is 10.3. The molecule has 2 atom stereocenters. The molecule has 1 fully saturated rings. The van der Waals surface area contributed by atoms with Gasteiger partial charge in [-0.2, -0.15) is 0 Å². The standard InChI is InChI=1S/C21H22ClN2O5PS/c1-21(2,3)19(25)18-17(24-20(23)31-18)15-7-8-16(28-15)30(26)27-10-9-14(29-30)12-5-4-6-13(22)11-12/h4-8,11,14H,9-10H2,1-3H3,(H2,23,24)/t14-,30?/m1/s1. The van der Waals surface area contributed by atoms with Crippen LogP contribution in [-0.4, -0.2) is 17.4 Å². The first-order chi connectivity index (χ1) is 14.6. The quantitative estimate of drug-likeness (QED) is 0.368. The van der Waals surface area contributed by atoms with Crippen molar-refractivity contribution in [2.24, 2.45) is 5.41 Å². The van der Waals surface area contributed by atoms with Gasteiger partial charge in [-0.15, -0.1) is 0 Å². The second-order valence-electron chi connectivity index (χ2n) is 8.22. The molecule has 0 radical (unpaired) electrons. The monoisotopic (exact) mass is 480 g/mol. The zero-order chi connectivity index (χ0) is 22.4. The zero-order valence-electron chi connectivity index (χ0n) is 17.3. The molecule has 164 valence electrons. The van der Waals surface area contributed by atoms with Crippen LogP contribution in [0.15, 0.2) is 40.8 Å². The fraction of sp³-hybridized carbons (Fsp3) is 0.333. The Hall–Kier alpha value is -1.96. The number of hydrogen-bond acceptors (Lipinski definition) is 8. The van der Waals surface area contributed by atoms with E-state index in [9.17, 15) is 9.36 Å². The summed E-state index contributed by atoms with van der Waals surface area (Å²) in [6.45, 7) is 5.70. The third-order valence-corrected chi connectivity index (χ3v) is 7.71. The molecule has 0 spiro atoms. The van der Waals surface area contributed by atoms with Crippen LogP contribution in [-0.2, 0) is 13.6 Å². The number of nitrogens with zero attached hydrogens (tertiary/aromatic N) is 1. The minimum Gasteiger partial charge on any atom is -0.446 e. The average molecular weight is 481 g/mol. The molecule has 7 nitrogen and oxygen atoms in total. The molecule has 1 saturated heterocycles. The fourth-order valence-electron chi connectivity index (χ4n) is 3.18. The largest absolute Gasteiger partial charge is 0.446 e. The lowest BCUT2D eigenvalue weighted by Gasteiger charge is -2.28. The predicted octanol–water partition coefficient (Wildman–Crippen LogP) is 5.86. The summed E-state index contributed by atoms with van der Waals surface area (Å²) in [5, 5.41) is 0.818. The normalized spacial score (nSPS) is 21.9. The minimum atomic E-state index is -3.72. The van der Waals surface area contributed by atoms with Crippen LogP contribution in [0.25, 0.3) is 11.5 Å². The zero-order valence-corrected chi connectivity index (χ0v) is 19.7. The van der Waals surface area contributed by atoms with Gasteiger partial charge in [0.2, 0.25) is 5.50 Å². The molecule has 0 bridgehead atoms. The number of furan rings is 1. The van der Waals surface area contributed by atoms with Crippen molar-refractivity contribution >= 4 is 46.9 Å². The number of carbonyl (C=O) groups excluding carboxylic acids is 1. The van der Waals surface area contributed by atoms with E-state index in [4.69, 9.17) is 30.8 Å². The highest BCUT2D eigenvalue weighted by Gasteiger charge is 2.40. The van der Waals surface area contributed by atoms with E-state index < -0.39 is 19.1 Å². The van der Waals surface area contributed by atoms with Crippen molar-refractivity contribution in [1.82, 2.24) is 4.98 Å². The van der Waals surface area contributed by atoms with Gasteiger partial charge in [-0.25, -0.2) is 4.98 Å². The summed E-state index contributed by atoms with van der Waals surface area (Å²) in [4.78, 5) is 17.5. The highest BCUT2D eigenvalue weighted by atomic mass is 35.5. The third kappa shape index (κ3) is 4.49. The van der Waals surface area contributed by atoms with Gasteiger partial charge in [-0.1, -0.05) is 55.8 Å². The Kier molecular flexibility index (Phi) is 5.87. The third-order valence-electron chi connectivity index (χ3n) is 4.75. The van der Waals surface area contributed by atoms with Crippen LogP contribution in [0.2, 0.25) is 5.02 Å². The van der Waals surface area contributed by atoms with Crippen molar-refractivity contribution in [3.05, 3.63) is 51.9 Å². The lowest BCUT2D eigenvalue weighted by atomic mass is 9.89. The molecule has 2 N–H and O–H groups in total. The highest BCUT2D eigenvalue weighted by molar-refractivity contribution is 7.61. The lowest BCUT2D eigenvalue weighted by Crippen LogP contribution is -2.20. The van der Waals surface area contributed by atoms with Crippen LogP contribution < -0.4 is 11.2 Å². The molecule has 10 heteroatoms. The van der Waals surface area contributed by atoms with E-state index in [0.717, 1.165) is 16.9 Å². The number of ketones is 1. The van der Waals surface area contributed by atoms with E-state index >= 15 is 0 Å². The van der Waals surface area contributed by atoms with Gasteiger partial charge in [0.05, 0.1) is 12.7 Å². The lowest BCUT2D eigenvalue weighted by molar-refractivity contribution is 0.0853. The molecule has 0 aliphatic carbocycles. The van der Waals surface area contributed by atoms with Crippen molar-refractivity contribution in [2.75, 3.05) is 12.3 Å². The number of nitrogens with two attached hydrogens (primary N) is 1. The van der Waals surface area contributed by atoms with E-state index in [-0.39, 0.29) is 28.8 Å². The van der Waals surface area contributed by atoms with Crippen molar-refractivity contribution < 1.29 is 22.8 Å². The molecule has 1 unspecified atom stereocenters. The van der Waals surface area contributed by atoms with E-state index in [1.165, 1.54) is 6.07 Å². The topological polar surface area (TPSA) is 105 Å². The van der Waals surface area contributed by atoms with Gasteiger partial charge in [-0.05, 0) is 29.8 Å². The Balaban J connectivity index is 1.65. The van der Waals surface area contributed by atoms with Crippen molar-refractivity contribution in [3.63, 3.8) is 0 Å². The van der Waals surface area contributed by atoms with Crippen LogP contribution in [0.5, 0.6) is 0 Å². The van der Waals surface area contributed by atoms with E-state index in [1.807, 2.05) is 32.9 Å². The molecule has 3 aromatic rings. The smallest absolute Gasteiger partial charge is 0.396 e. The Morgan fingerprint density at radius 2 is 2.06 bits per heavy atom. The summed E-state index contributed by atoms with van der Waals surface area (Å²) in [5.74, 6) is 0.176. The van der Waals surface area contributed by atoms with Gasteiger partial charge in [0.25, 0.3) is 0 Å². The molecule has 0 saturated carbocycles. The Morgan fingerprint density at radius 1 is 1.29 bits per heavy atom. The van der Waals surface area contributed by atoms with Crippen LogP contribution in [0, 0.1) is 5.41 Å². The number of rotatable bonds is 4. The Bertz CT molecular complexity index is 1180. The molecule has 31 heavy (non-hydrogen) atoms. The summed E-state index contributed by atoms with van der Waals surface area (Å²) in [6.07, 6.45) is 0.0878. The van der Waals surface area contributed by atoms with Crippen molar-refractivity contribution in [1.29, 1.82) is 0 Å². The summed E-state index contributed by atoms with van der Waals surface area (Å²) in [7, 11) is -3.72. The van der Waals surface area contributed by atoms with Gasteiger partial charge in [-0.3, -0.25) is 13.9 Å². The second-order valence-corrected chi connectivity index (χ2v) is 11.6. The average Bonchev–Trinajstić information content (AvgIpc) is 3.34. The number of anilines is 1. The maximum Gasteiger partial charge on any atom is 0.396 e. The first-order valence-electron chi connectivity index (χ1n) is 9.67. The van der Waals surface area contributed by atoms with E-state index in [1.54, 1.807) is 18.2 Å². The van der Waals surface area contributed by atoms with Crippen LogP contribution in [0.4, 0.5) is 5.13 Å². The number of carbonyl (C=O) groups is 1. The molecule has 2 aromatic heterocycles. The summed E-state index contributed by atoms with van der Waals surface area (Å²) in [5.41, 5.74) is 6.44. The molecular weight excluding hydrogens is 459 g/mol. The number of Topliss-reactive ketones (excluding diaryl/α,β-unsaturated/α-hetero) is 1. The van der Waals surface area contributed by atoms with Gasteiger partial charge < -0.3 is 14.7 Å². The van der Waals surface area contributed by atoms with E-state index in [2.05, 4.69) is 4.98 Å². The van der Waals surface area contributed by atoms with Crippen LogP contribution in [0.1, 0.15) is 48.5 Å².